The SMILES string of the molecule is CCOC(=O)C(C)(C)NCCCS(=O)(=O)/N=C/N(C)C. The number of rotatable bonds is 9. The van der Waals surface area contributed by atoms with Gasteiger partial charge in [-0.05, 0) is 33.7 Å². The number of carbonyl (C=O) groups excluding carboxylic acids is 1. The first-order valence-corrected chi connectivity index (χ1v) is 8.08. The lowest BCUT2D eigenvalue weighted by Crippen LogP contribution is -2.48. The van der Waals surface area contributed by atoms with Crippen molar-refractivity contribution in [2.75, 3.05) is 33.0 Å². The Labute approximate surface area is 121 Å². The summed E-state index contributed by atoms with van der Waals surface area (Å²) in [5.41, 5.74) is -0.827. The predicted octanol–water partition coefficient (Wildman–Crippen LogP) is 0.228. The van der Waals surface area contributed by atoms with Crippen molar-refractivity contribution in [2.24, 2.45) is 4.40 Å². The summed E-state index contributed by atoms with van der Waals surface area (Å²) in [4.78, 5) is 13.2. The first kappa shape index (κ1) is 18.9. The standard InChI is InChI=1S/C12H25N3O4S/c1-6-19-11(16)12(2,3)13-8-7-9-20(17,18)14-10-15(4)5/h10,13H,6-9H2,1-5H3/b14-10+. The largest absolute Gasteiger partial charge is 0.465 e. The number of ether oxygens (including phenoxy) is 1. The Balaban J connectivity index is 4.17. The maximum absolute atomic E-state index is 11.6. The Bertz CT molecular complexity index is 430. The molecule has 0 aliphatic heterocycles. The van der Waals surface area contributed by atoms with E-state index in [1.807, 2.05) is 0 Å². The fourth-order valence-electron chi connectivity index (χ4n) is 1.26. The molecule has 0 aliphatic carbocycles. The molecule has 20 heavy (non-hydrogen) atoms. The highest BCUT2D eigenvalue weighted by Crippen LogP contribution is 2.05. The van der Waals surface area contributed by atoms with Crippen LogP contribution in [0.5, 0.6) is 0 Å². The van der Waals surface area contributed by atoms with Crippen LogP contribution >= 0.6 is 0 Å². The van der Waals surface area contributed by atoms with Gasteiger partial charge in [0.15, 0.2) is 0 Å². The molecule has 0 aromatic heterocycles. The molecule has 8 heteroatoms. The number of nitrogens with zero attached hydrogens (tertiary/aromatic N) is 2. The second-order valence-electron chi connectivity index (χ2n) is 5.10. The number of hydrogen-bond acceptors (Lipinski definition) is 5. The molecule has 0 radical (unpaired) electrons. The lowest BCUT2D eigenvalue weighted by atomic mass is 10.1. The van der Waals surface area contributed by atoms with Gasteiger partial charge in [0.2, 0.25) is 0 Å². The minimum atomic E-state index is -3.45. The minimum absolute atomic E-state index is 0.0662. The van der Waals surface area contributed by atoms with Crippen molar-refractivity contribution in [3.63, 3.8) is 0 Å². The first-order valence-electron chi connectivity index (χ1n) is 6.47. The fraction of sp³-hybridized carbons (Fsp3) is 0.833. The van der Waals surface area contributed by atoms with Crippen molar-refractivity contribution in [1.29, 1.82) is 0 Å². The third-order valence-electron chi connectivity index (χ3n) is 2.37. The van der Waals surface area contributed by atoms with Gasteiger partial charge in [0.1, 0.15) is 11.9 Å². The van der Waals surface area contributed by atoms with Crippen molar-refractivity contribution in [2.45, 2.75) is 32.7 Å². The van der Waals surface area contributed by atoms with Crippen molar-refractivity contribution in [3.8, 4) is 0 Å². The molecular weight excluding hydrogens is 282 g/mol. The Kier molecular flexibility index (Phi) is 7.74. The molecule has 0 saturated heterocycles. The van der Waals surface area contributed by atoms with E-state index in [1.54, 1.807) is 39.8 Å². The molecule has 0 saturated carbocycles. The summed E-state index contributed by atoms with van der Waals surface area (Å²) in [6, 6.07) is 0. The van der Waals surface area contributed by atoms with Crippen LogP contribution in [-0.2, 0) is 19.6 Å². The van der Waals surface area contributed by atoms with E-state index in [2.05, 4.69) is 9.71 Å². The van der Waals surface area contributed by atoms with Crippen molar-refractivity contribution in [3.05, 3.63) is 0 Å². The molecule has 0 amide bonds. The zero-order valence-electron chi connectivity index (χ0n) is 12.8. The van der Waals surface area contributed by atoms with Gasteiger partial charge in [-0.2, -0.15) is 4.40 Å². The summed E-state index contributed by atoms with van der Waals surface area (Å²) in [5.74, 6) is -0.419. The zero-order valence-corrected chi connectivity index (χ0v) is 13.7. The van der Waals surface area contributed by atoms with Crippen LogP contribution in [0.1, 0.15) is 27.2 Å². The Hall–Kier alpha value is -1.15. The molecule has 0 aromatic carbocycles. The lowest BCUT2D eigenvalue weighted by Gasteiger charge is -2.23. The van der Waals surface area contributed by atoms with Crippen LogP contribution in [0.4, 0.5) is 0 Å². The average molecular weight is 307 g/mol. The van der Waals surface area contributed by atoms with E-state index in [1.165, 1.54) is 6.34 Å². The van der Waals surface area contributed by atoms with Crippen LogP contribution in [0, 0.1) is 0 Å². The number of hydrogen-bond donors (Lipinski definition) is 1. The summed E-state index contributed by atoms with van der Waals surface area (Å²) < 4.78 is 31.5. The highest BCUT2D eigenvalue weighted by Gasteiger charge is 2.28. The maximum Gasteiger partial charge on any atom is 0.325 e. The molecule has 0 spiro atoms. The van der Waals surface area contributed by atoms with E-state index >= 15 is 0 Å². The van der Waals surface area contributed by atoms with Crippen molar-refractivity contribution in [1.82, 2.24) is 10.2 Å². The van der Waals surface area contributed by atoms with E-state index in [9.17, 15) is 13.2 Å². The number of carbonyl (C=O) groups is 1. The number of esters is 1. The van der Waals surface area contributed by atoms with Gasteiger partial charge >= 0.3 is 5.97 Å². The molecule has 118 valence electrons. The van der Waals surface area contributed by atoms with E-state index in [4.69, 9.17) is 4.74 Å². The maximum atomic E-state index is 11.6. The molecule has 0 heterocycles. The summed E-state index contributed by atoms with van der Waals surface area (Å²) in [6.07, 6.45) is 1.63. The van der Waals surface area contributed by atoms with Gasteiger partial charge in [-0.3, -0.25) is 4.79 Å². The second-order valence-corrected chi connectivity index (χ2v) is 6.88. The van der Waals surface area contributed by atoms with Gasteiger partial charge < -0.3 is 15.0 Å². The first-order chi connectivity index (χ1) is 9.10. The van der Waals surface area contributed by atoms with Gasteiger partial charge in [-0.15, -0.1) is 0 Å². The molecule has 1 N–H and O–H groups in total. The fourth-order valence-corrected chi connectivity index (χ4v) is 2.20. The molecule has 0 fully saturated rings. The second kappa shape index (κ2) is 8.21. The van der Waals surface area contributed by atoms with E-state index in [0.717, 1.165) is 0 Å². The highest BCUT2D eigenvalue weighted by atomic mass is 32.2. The van der Waals surface area contributed by atoms with Gasteiger partial charge in [-0.25, -0.2) is 8.42 Å². The van der Waals surface area contributed by atoms with Crippen molar-refractivity contribution < 1.29 is 17.9 Å². The van der Waals surface area contributed by atoms with Crippen LogP contribution in [0.2, 0.25) is 0 Å². The predicted molar refractivity (Wildman–Crippen MR) is 79.3 cm³/mol. The Morgan fingerprint density at radius 1 is 1.40 bits per heavy atom. The number of sulfonamides is 1. The van der Waals surface area contributed by atoms with Crippen LogP contribution in [0.25, 0.3) is 0 Å². The molecule has 0 bridgehead atoms. The molecule has 0 aromatic rings. The summed E-state index contributed by atoms with van der Waals surface area (Å²) in [6.45, 7) is 5.84. The van der Waals surface area contributed by atoms with E-state index in [0.29, 0.717) is 19.6 Å². The third kappa shape index (κ3) is 8.11. The van der Waals surface area contributed by atoms with E-state index < -0.39 is 15.6 Å². The van der Waals surface area contributed by atoms with Crippen LogP contribution in [0.3, 0.4) is 0 Å². The van der Waals surface area contributed by atoms with E-state index in [-0.39, 0.29) is 11.7 Å². The molecular formula is C12H25N3O4S. The quantitative estimate of drug-likeness (QED) is 0.284. The molecule has 0 unspecified atom stereocenters. The average Bonchev–Trinajstić information content (AvgIpc) is 2.33. The Morgan fingerprint density at radius 2 is 2.00 bits per heavy atom. The van der Waals surface area contributed by atoms with Gasteiger partial charge in [0.05, 0.1) is 12.4 Å². The van der Waals surface area contributed by atoms with Crippen LogP contribution in [-0.4, -0.2) is 64.2 Å². The lowest BCUT2D eigenvalue weighted by molar-refractivity contribution is -0.149. The Morgan fingerprint density at radius 3 is 2.50 bits per heavy atom. The molecule has 0 rings (SSSR count). The highest BCUT2D eigenvalue weighted by molar-refractivity contribution is 7.90. The summed E-state index contributed by atoms with van der Waals surface area (Å²) >= 11 is 0. The topological polar surface area (TPSA) is 88.1 Å². The number of nitrogens with one attached hydrogen (secondary N) is 1. The summed E-state index contributed by atoms with van der Waals surface area (Å²) in [5, 5.41) is 2.98. The smallest absolute Gasteiger partial charge is 0.325 e. The molecule has 0 atom stereocenters. The minimum Gasteiger partial charge on any atom is -0.465 e. The molecule has 7 nitrogen and oxygen atoms in total. The zero-order chi connectivity index (χ0) is 15.8. The van der Waals surface area contributed by atoms with Crippen LogP contribution < -0.4 is 5.32 Å². The normalized spacial score (nSPS) is 12.7. The van der Waals surface area contributed by atoms with Gasteiger partial charge in [0, 0.05) is 14.1 Å². The van der Waals surface area contributed by atoms with Gasteiger partial charge in [-0.1, -0.05) is 0 Å². The van der Waals surface area contributed by atoms with Crippen molar-refractivity contribution >= 4 is 22.3 Å². The molecule has 0 aliphatic rings. The third-order valence-corrected chi connectivity index (χ3v) is 3.59. The van der Waals surface area contributed by atoms with Gasteiger partial charge in [0.25, 0.3) is 10.0 Å². The summed E-state index contributed by atoms with van der Waals surface area (Å²) in [7, 11) is -0.0595. The monoisotopic (exact) mass is 307 g/mol. The van der Waals surface area contributed by atoms with Crippen LogP contribution in [0.15, 0.2) is 4.40 Å².